The van der Waals surface area contributed by atoms with Gasteiger partial charge in [0.25, 0.3) is 5.56 Å². The second kappa shape index (κ2) is 4.10. The van der Waals surface area contributed by atoms with Crippen molar-refractivity contribution in [3.8, 4) is 6.07 Å². The minimum Gasteiger partial charge on any atom is -0.298 e. The number of nitriles is 1. The van der Waals surface area contributed by atoms with Gasteiger partial charge in [-0.25, -0.2) is 4.39 Å². The maximum absolute atomic E-state index is 12.9. The molecule has 1 rings (SSSR count). The van der Waals surface area contributed by atoms with Gasteiger partial charge in [-0.2, -0.15) is 5.26 Å². The highest BCUT2D eigenvalue weighted by Gasteiger charge is 2.04. The van der Waals surface area contributed by atoms with Crippen LogP contribution in [-0.4, -0.2) is 10.8 Å². The summed E-state index contributed by atoms with van der Waals surface area (Å²) in [4.78, 5) is 11.7. The Balaban J connectivity index is 3.26. The number of rotatable bonds is 2. The number of thioether (sulfide) groups is 1. The fraction of sp³-hybridized carbons (Fsp3) is 0.250. The lowest BCUT2D eigenvalue weighted by Crippen LogP contribution is -2.22. The number of nitrogens with zero attached hydrogens (tertiary/aromatic N) is 2. The molecule has 13 heavy (non-hydrogen) atoms. The minimum absolute atomic E-state index is 0.121. The van der Waals surface area contributed by atoms with E-state index < -0.39 is 11.4 Å². The molecule has 68 valence electrons. The highest BCUT2D eigenvalue weighted by atomic mass is 32.2. The smallest absolute Gasteiger partial charge is 0.287 e. The first-order valence-corrected chi connectivity index (χ1v) is 4.72. The molecule has 0 aromatic carbocycles. The van der Waals surface area contributed by atoms with E-state index in [9.17, 15) is 9.18 Å². The van der Waals surface area contributed by atoms with Crippen LogP contribution in [-0.2, 0) is 6.54 Å². The lowest BCUT2D eigenvalue weighted by Gasteiger charge is -2.02. The summed E-state index contributed by atoms with van der Waals surface area (Å²) in [6.45, 7) is -0.121. The topological polar surface area (TPSA) is 45.8 Å². The van der Waals surface area contributed by atoms with Crippen molar-refractivity contribution in [1.82, 2.24) is 4.57 Å². The van der Waals surface area contributed by atoms with Crippen molar-refractivity contribution in [2.45, 2.75) is 11.4 Å². The molecule has 0 saturated carbocycles. The molecule has 1 aromatic heterocycles. The van der Waals surface area contributed by atoms with E-state index in [4.69, 9.17) is 5.26 Å². The molecule has 0 amide bonds. The van der Waals surface area contributed by atoms with Crippen LogP contribution in [0.2, 0.25) is 0 Å². The summed E-state index contributed by atoms with van der Waals surface area (Å²) >= 11 is 1.32. The number of halogens is 1. The Hall–Kier alpha value is -1.28. The quantitative estimate of drug-likeness (QED) is 0.671. The standard InChI is InChI=1S/C8H7FN2OS/c1-13-6-4-7(9)8(12)11(5-6)3-2-10/h4-5H,3H2,1H3. The van der Waals surface area contributed by atoms with Crippen LogP contribution in [0.3, 0.4) is 0 Å². The molecule has 0 bridgehead atoms. The molecule has 0 N–H and O–H groups in total. The zero-order valence-electron chi connectivity index (χ0n) is 6.95. The number of hydrogen-bond donors (Lipinski definition) is 0. The monoisotopic (exact) mass is 198 g/mol. The fourth-order valence-corrected chi connectivity index (χ4v) is 1.33. The Morgan fingerprint density at radius 1 is 1.77 bits per heavy atom. The molecular weight excluding hydrogens is 191 g/mol. The summed E-state index contributed by atoms with van der Waals surface area (Å²) in [5.41, 5.74) is -0.751. The first-order chi connectivity index (χ1) is 6.19. The van der Waals surface area contributed by atoms with Gasteiger partial charge in [-0.05, 0) is 12.3 Å². The maximum Gasteiger partial charge on any atom is 0.287 e. The summed E-state index contributed by atoms with van der Waals surface area (Å²) in [6, 6.07) is 2.96. The van der Waals surface area contributed by atoms with E-state index in [2.05, 4.69) is 0 Å². The Morgan fingerprint density at radius 3 is 3.00 bits per heavy atom. The van der Waals surface area contributed by atoms with Crippen molar-refractivity contribution in [1.29, 1.82) is 5.26 Å². The van der Waals surface area contributed by atoms with Gasteiger partial charge in [0.05, 0.1) is 6.07 Å². The Morgan fingerprint density at radius 2 is 2.46 bits per heavy atom. The second-order valence-corrected chi connectivity index (χ2v) is 3.20. The van der Waals surface area contributed by atoms with Crippen molar-refractivity contribution in [3.63, 3.8) is 0 Å². The average molecular weight is 198 g/mol. The summed E-state index contributed by atoms with van der Waals surface area (Å²) in [7, 11) is 0. The van der Waals surface area contributed by atoms with Crippen molar-refractivity contribution >= 4 is 11.8 Å². The first kappa shape index (κ1) is 9.81. The summed E-state index contributed by atoms with van der Waals surface area (Å²) in [6.07, 6.45) is 3.25. The Kier molecular flexibility index (Phi) is 3.09. The van der Waals surface area contributed by atoms with Crippen molar-refractivity contribution < 1.29 is 4.39 Å². The fourth-order valence-electron chi connectivity index (χ4n) is 0.879. The maximum atomic E-state index is 12.9. The van der Waals surface area contributed by atoms with Gasteiger partial charge in [0.1, 0.15) is 6.54 Å². The third-order valence-corrected chi connectivity index (χ3v) is 2.19. The van der Waals surface area contributed by atoms with Crippen LogP contribution in [0.5, 0.6) is 0 Å². The van der Waals surface area contributed by atoms with Crippen LogP contribution >= 0.6 is 11.8 Å². The van der Waals surface area contributed by atoms with E-state index in [1.54, 1.807) is 12.3 Å². The number of hydrogen-bond acceptors (Lipinski definition) is 3. The highest BCUT2D eigenvalue weighted by Crippen LogP contribution is 2.12. The van der Waals surface area contributed by atoms with Crippen LogP contribution in [0.4, 0.5) is 4.39 Å². The zero-order chi connectivity index (χ0) is 9.84. The first-order valence-electron chi connectivity index (χ1n) is 3.50. The van der Waals surface area contributed by atoms with E-state index in [-0.39, 0.29) is 6.54 Å². The third kappa shape index (κ3) is 2.10. The molecule has 1 aromatic rings. The van der Waals surface area contributed by atoms with E-state index >= 15 is 0 Å². The SMILES string of the molecule is CSc1cc(F)c(=O)n(CC#N)c1. The van der Waals surface area contributed by atoms with E-state index in [1.807, 2.05) is 0 Å². The Labute approximate surface area is 78.8 Å². The highest BCUT2D eigenvalue weighted by molar-refractivity contribution is 7.98. The largest absolute Gasteiger partial charge is 0.298 e. The molecule has 0 spiro atoms. The lowest BCUT2D eigenvalue weighted by molar-refractivity contribution is 0.577. The molecule has 0 aliphatic rings. The molecule has 0 fully saturated rings. The molecule has 0 aliphatic carbocycles. The van der Waals surface area contributed by atoms with Gasteiger partial charge in [-0.1, -0.05) is 0 Å². The summed E-state index contributed by atoms with van der Waals surface area (Å²) < 4.78 is 14.0. The van der Waals surface area contributed by atoms with Crippen LogP contribution in [0.25, 0.3) is 0 Å². The van der Waals surface area contributed by atoms with Crippen LogP contribution in [0, 0.1) is 17.1 Å². The minimum atomic E-state index is -0.818. The molecular formula is C8H7FN2OS. The van der Waals surface area contributed by atoms with Crippen molar-refractivity contribution in [2.75, 3.05) is 6.26 Å². The average Bonchev–Trinajstić information content (AvgIpc) is 2.13. The van der Waals surface area contributed by atoms with Crippen LogP contribution < -0.4 is 5.56 Å². The van der Waals surface area contributed by atoms with E-state index in [0.29, 0.717) is 4.90 Å². The molecule has 0 saturated heterocycles. The molecule has 0 unspecified atom stereocenters. The van der Waals surface area contributed by atoms with Gasteiger partial charge in [0.15, 0.2) is 5.82 Å². The van der Waals surface area contributed by atoms with Crippen molar-refractivity contribution in [2.24, 2.45) is 0 Å². The van der Waals surface area contributed by atoms with Gasteiger partial charge < -0.3 is 0 Å². The summed E-state index contributed by atoms with van der Waals surface area (Å²) in [5, 5.41) is 8.36. The van der Waals surface area contributed by atoms with E-state index in [1.165, 1.54) is 24.0 Å². The van der Waals surface area contributed by atoms with Gasteiger partial charge in [0, 0.05) is 11.1 Å². The van der Waals surface area contributed by atoms with Gasteiger partial charge in [-0.15, -0.1) is 11.8 Å². The molecule has 3 nitrogen and oxygen atoms in total. The predicted molar refractivity (Wildman–Crippen MR) is 48.1 cm³/mol. The van der Waals surface area contributed by atoms with E-state index in [0.717, 1.165) is 4.57 Å². The van der Waals surface area contributed by atoms with Crippen LogP contribution in [0.15, 0.2) is 22.0 Å². The predicted octanol–water partition coefficient (Wildman–Crippen LogP) is 1.23. The number of pyridine rings is 1. The van der Waals surface area contributed by atoms with Gasteiger partial charge in [0.2, 0.25) is 0 Å². The molecule has 5 heteroatoms. The molecule has 0 aliphatic heterocycles. The number of aromatic nitrogens is 1. The van der Waals surface area contributed by atoms with Crippen molar-refractivity contribution in [3.05, 3.63) is 28.4 Å². The second-order valence-electron chi connectivity index (χ2n) is 2.32. The van der Waals surface area contributed by atoms with Crippen LogP contribution in [0.1, 0.15) is 0 Å². The normalized spacial score (nSPS) is 9.62. The third-order valence-electron chi connectivity index (χ3n) is 1.49. The molecule has 0 radical (unpaired) electrons. The summed E-state index contributed by atoms with van der Waals surface area (Å²) in [5.74, 6) is -0.818. The Bertz CT molecular complexity index is 408. The van der Waals surface area contributed by atoms with Gasteiger partial charge in [-0.3, -0.25) is 9.36 Å². The molecule has 0 atom stereocenters. The lowest BCUT2D eigenvalue weighted by atomic mass is 10.4. The molecule has 1 heterocycles. The zero-order valence-corrected chi connectivity index (χ0v) is 7.77. The van der Waals surface area contributed by atoms with Gasteiger partial charge >= 0.3 is 0 Å².